The Kier molecular flexibility index (Phi) is 4.10. The number of rotatable bonds is 4. The standard InChI is InChI=1S/C16H18N4O3/c1-9-17-14(20-19-9)10-4-6-13(7-5-10)18-15(21)11-2-3-12(8-11)16(22)23/h4-7,11-12H,2-3,8H2,1H3,(H,18,21)(H,22,23)(H,17,19,20)/t11-,12+/m1/s1. The molecule has 1 fully saturated rings. The van der Waals surface area contributed by atoms with Crippen molar-refractivity contribution >= 4 is 17.6 Å². The number of nitrogens with one attached hydrogen (secondary N) is 2. The molecular weight excluding hydrogens is 296 g/mol. The van der Waals surface area contributed by atoms with Crippen LogP contribution in [-0.2, 0) is 9.59 Å². The van der Waals surface area contributed by atoms with Gasteiger partial charge in [-0.05, 0) is 50.5 Å². The van der Waals surface area contributed by atoms with Gasteiger partial charge in [-0.25, -0.2) is 4.98 Å². The van der Waals surface area contributed by atoms with Gasteiger partial charge in [-0.2, -0.15) is 5.10 Å². The SMILES string of the molecule is Cc1nc(-c2ccc(NC(=O)[C@@H]3CC[C@H](C(=O)O)C3)cc2)n[nH]1. The molecule has 1 aromatic carbocycles. The van der Waals surface area contributed by atoms with Crippen LogP contribution in [0, 0.1) is 18.8 Å². The summed E-state index contributed by atoms with van der Waals surface area (Å²) in [7, 11) is 0. The zero-order valence-corrected chi connectivity index (χ0v) is 12.7. The highest BCUT2D eigenvalue weighted by atomic mass is 16.4. The first kappa shape index (κ1) is 15.2. The van der Waals surface area contributed by atoms with E-state index in [0.29, 0.717) is 30.8 Å². The van der Waals surface area contributed by atoms with Crippen LogP contribution in [-0.4, -0.2) is 32.2 Å². The summed E-state index contributed by atoms with van der Waals surface area (Å²) in [5.41, 5.74) is 1.55. The third-order valence-corrected chi connectivity index (χ3v) is 4.16. The lowest BCUT2D eigenvalue weighted by Crippen LogP contribution is -2.21. The van der Waals surface area contributed by atoms with Crippen LogP contribution < -0.4 is 5.32 Å². The van der Waals surface area contributed by atoms with Crippen LogP contribution in [0.1, 0.15) is 25.1 Å². The molecule has 2 atom stereocenters. The average Bonchev–Trinajstić information content (AvgIpc) is 3.17. The summed E-state index contributed by atoms with van der Waals surface area (Å²) in [5, 5.41) is 18.7. The lowest BCUT2D eigenvalue weighted by atomic mass is 10.0. The molecule has 7 heteroatoms. The topological polar surface area (TPSA) is 108 Å². The molecule has 1 amide bonds. The van der Waals surface area contributed by atoms with Crippen molar-refractivity contribution in [3.8, 4) is 11.4 Å². The molecule has 120 valence electrons. The Morgan fingerprint density at radius 1 is 1.22 bits per heavy atom. The highest BCUT2D eigenvalue weighted by molar-refractivity contribution is 5.93. The summed E-state index contributed by atoms with van der Waals surface area (Å²) in [6, 6.07) is 7.27. The number of carbonyl (C=O) groups is 2. The molecule has 2 aromatic rings. The number of carboxylic acid groups (broad SMARTS) is 1. The van der Waals surface area contributed by atoms with Gasteiger partial charge in [0.15, 0.2) is 5.82 Å². The zero-order chi connectivity index (χ0) is 16.4. The van der Waals surface area contributed by atoms with Gasteiger partial charge in [0.2, 0.25) is 5.91 Å². The number of benzene rings is 1. The monoisotopic (exact) mass is 314 g/mol. The smallest absolute Gasteiger partial charge is 0.306 e. The van der Waals surface area contributed by atoms with Crippen molar-refractivity contribution in [2.45, 2.75) is 26.2 Å². The van der Waals surface area contributed by atoms with Crippen molar-refractivity contribution in [3.63, 3.8) is 0 Å². The predicted octanol–water partition coefficient (Wildman–Crippen LogP) is 2.22. The Labute approximate surface area is 133 Å². The van der Waals surface area contributed by atoms with Gasteiger partial charge in [-0.15, -0.1) is 0 Å². The van der Waals surface area contributed by atoms with Gasteiger partial charge in [-0.1, -0.05) is 0 Å². The first-order valence-electron chi connectivity index (χ1n) is 7.56. The molecule has 1 saturated carbocycles. The molecule has 0 saturated heterocycles. The van der Waals surface area contributed by atoms with E-state index in [2.05, 4.69) is 20.5 Å². The Balaban J connectivity index is 1.62. The Bertz CT molecular complexity index is 723. The molecule has 1 aromatic heterocycles. The molecule has 3 N–H and O–H groups in total. The van der Waals surface area contributed by atoms with Crippen molar-refractivity contribution in [2.75, 3.05) is 5.32 Å². The van der Waals surface area contributed by atoms with E-state index in [1.807, 2.05) is 19.1 Å². The molecule has 1 heterocycles. The minimum Gasteiger partial charge on any atom is -0.481 e. The third kappa shape index (κ3) is 3.39. The number of H-pyrrole nitrogens is 1. The quantitative estimate of drug-likeness (QED) is 0.802. The molecule has 7 nitrogen and oxygen atoms in total. The Hall–Kier alpha value is -2.70. The van der Waals surface area contributed by atoms with Gasteiger partial charge in [-0.3, -0.25) is 14.7 Å². The number of anilines is 1. The highest BCUT2D eigenvalue weighted by Crippen LogP contribution is 2.32. The third-order valence-electron chi connectivity index (χ3n) is 4.16. The number of aryl methyl sites for hydroxylation is 1. The molecule has 1 aliphatic rings. The number of aromatic amines is 1. The van der Waals surface area contributed by atoms with Crippen LogP contribution >= 0.6 is 0 Å². The first-order chi connectivity index (χ1) is 11.0. The number of aromatic nitrogens is 3. The summed E-state index contributed by atoms with van der Waals surface area (Å²) in [5.74, 6) is -0.206. The van der Waals surface area contributed by atoms with Gasteiger partial charge in [0.25, 0.3) is 0 Å². The average molecular weight is 314 g/mol. The van der Waals surface area contributed by atoms with Crippen LogP contribution in [0.3, 0.4) is 0 Å². The van der Waals surface area contributed by atoms with Crippen LogP contribution in [0.5, 0.6) is 0 Å². The van der Waals surface area contributed by atoms with E-state index in [1.54, 1.807) is 12.1 Å². The molecule has 0 bridgehead atoms. The van der Waals surface area contributed by atoms with Crippen molar-refractivity contribution in [3.05, 3.63) is 30.1 Å². The van der Waals surface area contributed by atoms with Gasteiger partial charge in [0, 0.05) is 17.2 Å². The maximum absolute atomic E-state index is 12.2. The van der Waals surface area contributed by atoms with E-state index >= 15 is 0 Å². The van der Waals surface area contributed by atoms with Crippen molar-refractivity contribution < 1.29 is 14.7 Å². The van der Waals surface area contributed by atoms with Crippen molar-refractivity contribution in [1.82, 2.24) is 15.2 Å². The maximum atomic E-state index is 12.2. The maximum Gasteiger partial charge on any atom is 0.306 e. The Morgan fingerprint density at radius 3 is 2.48 bits per heavy atom. The fourth-order valence-electron chi connectivity index (χ4n) is 2.86. The fourth-order valence-corrected chi connectivity index (χ4v) is 2.86. The second-order valence-corrected chi connectivity index (χ2v) is 5.86. The largest absolute Gasteiger partial charge is 0.481 e. The second-order valence-electron chi connectivity index (χ2n) is 5.86. The van der Waals surface area contributed by atoms with E-state index in [9.17, 15) is 9.59 Å². The van der Waals surface area contributed by atoms with Gasteiger partial charge >= 0.3 is 5.97 Å². The lowest BCUT2D eigenvalue weighted by Gasteiger charge is -2.11. The van der Waals surface area contributed by atoms with E-state index in [1.165, 1.54) is 0 Å². The van der Waals surface area contributed by atoms with Crippen molar-refractivity contribution in [2.24, 2.45) is 11.8 Å². The van der Waals surface area contributed by atoms with E-state index < -0.39 is 11.9 Å². The van der Waals surface area contributed by atoms with Crippen LogP contribution in [0.4, 0.5) is 5.69 Å². The number of amides is 1. The minimum absolute atomic E-state index is 0.116. The summed E-state index contributed by atoms with van der Waals surface area (Å²) >= 11 is 0. The number of carboxylic acids is 1. The molecule has 0 radical (unpaired) electrons. The van der Waals surface area contributed by atoms with E-state index in [0.717, 1.165) is 11.4 Å². The summed E-state index contributed by atoms with van der Waals surface area (Å²) in [4.78, 5) is 27.4. The molecule has 3 rings (SSSR count). The molecule has 1 aliphatic carbocycles. The summed E-state index contributed by atoms with van der Waals surface area (Å²) < 4.78 is 0. The van der Waals surface area contributed by atoms with Gasteiger partial charge < -0.3 is 10.4 Å². The number of carbonyl (C=O) groups excluding carboxylic acids is 1. The molecule has 0 unspecified atom stereocenters. The van der Waals surface area contributed by atoms with E-state index in [4.69, 9.17) is 5.11 Å². The first-order valence-corrected chi connectivity index (χ1v) is 7.56. The molecule has 23 heavy (non-hydrogen) atoms. The molecule has 0 spiro atoms. The predicted molar refractivity (Wildman–Crippen MR) is 83.7 cm³/mol. The number of nitrogens with zero attached hydrogens (tertiary/aromatic N) is 2. The summed E-state index contributed by atoms with van der Waals surface area (Å²) in [6.45, 7) is 1.83. The van der Waals surface area contributed by atoms with Gasteiger partial charge in [0.05, 0.1) is 5.92 Å². The fraction of sp³-hybridized carbons (Fsp3) is 0.375. The zero-order valence-electron chi connectivity index (χ0n) is 12.7. The van der Waals surface area contributed by atoms with Gasteiger partial charge in [0.1, 0.15) is 5.82 Å². The normalized spacial score (nSPS) is 20.4. The van der Waals surface area contributed by atoms with Crippen LogP contribution in [0.2, 0.25) is 0 Å². The van der Waals surface area contributed by atoms with E-state index in [-0.39, 0.29) is 11.8 Å². The number of hydrogen-bond acceptors (Lipinski definition) is 4. The lowest BCUT2D eigenvalue weighted by molar-refractivity contribution is -0.141. The summed E-state index contributed by atoms with van der Waals surface area (Å²) in [6.07, 6.45) is 1.60. The molecular formula is C16H18N4O3. The number of aliphatic carboxylic acids is 1. The minimum atomic E-state index is -0.813. The van der Waals surface area contributed by atoms with Crippen LogP contribution in [0.15, 0.2) is 24.3 Å². The second kappa shape index (κ2) is 6.20. The number of hydrogen-bond donors (Lipinski definition) is 3. The van der Waals surface area contributed by atoms with Crippen molar-refractivity contribution in [1.29, 1.82) is 0 Å². The van der Waals surface area contributed by atoms with Crippen LogP contribution in [0.25, 0.3) is 11.4 Å². The Morgan fingerprint density at radius 2 is 1.91 bits per heavy atom. The molecule has 0 aliphatic heterocycles. The highest BCUT2D eigenvalue weighted by Gasteiger charge is 2.33.